The van der Waals surface area contributed by atoms with Crippen LogP contribution in [-0.4, -0.2) is 11.8 Å². The van der Waals surface area contributed by atoms with E-state index in [-0.39, 0.29) is 11.8 Å². The number of rotatable bonds is 13. The highest BCUT2D eigenvalue weighted by atomic mass is 16.2. The molecule has 0 aromatic heterocycles. The maximum atomic E-state index is 10.9. The first-order valence-corrected chi connectivity index (χ1v) is 7.69. The van der Waals surface area contributed by atoms with Crippen molar-refractivity contribution in [3.63, 3.8) is 0 Å². The summed E-state index contributed by atoms with van der Waals surface area (Å²) < 4.78 is 0. The molecule has 0 aliphatic rings. The summed E-state index contributed by atoms with van der Waals surface area (Å²) in [5.41, 5.74) is 4.28. The summed E-state index contributed by atoms with van der Waals surface area (Å²) in [6, 6.07) is 0. The average molecular weight is 286 g/mol. The van der Waals surface area contributed by atoms with Gasteiger partial charge in [-0.1, -0.05) is 51.4 Å². The molecule has 0 spiro atoms. The van der Waals surface area contributed by atoms with Crippen LogP contribution in [0.4, 0.5) is 0 Å². The van der Waals surface area contributed by atoms with Crippen LogP contribution in [0.3, 0.4) is 0 Å². The van der Waals surface area contributed by atoms with Crippen molar-refractivity contribution in [2.45, 2.75) is 77.0 Å². The van der Waals surface area contributed by atoms with Gasteiger partial charge in [0.1, 0.15) is 0 Å². The highest BCUT2D eigenvalue weighted by Gasteiger charge is 1.99. The lowest BCUT2D eigenvalue weighted by molar-refractivity contribution is -0.122. The molecule has 0 radical (unpaired) electrons. The summed E-state index contributed by atoms with van der Waals surface area (Å²) in [6.45, 7) is 0. The molecular formula is C14H30N4O2. The summed E-state index contributed by atoms with van der Waals surface area (Å²) in [5.74, 6) is 9.85. The minimum absolute atomic E-state index is 0.0756. The zero-order valence-electron chi connectivity index (χ0n) is 12.5. The summed E-state index contributed by atoms with van der Waals surface area (Å²) in [6.07, 6.45) is 12.5. The molecule has 6 heteroatoms. The first-order valence-electron chi connectivity index (χ1n) is 7.69. The summed E-state index contributed by atoms with van der Waals surface area (Å²) in [4.78, 5) is 21.7. The van der Waals surface area contributed by atoms with Gasteiger partial charge in [0, 0.05) is 12.8 Å². The van der Waals surface area contributed by atoms with Crippen LogP contribution in [0, 0.1) is 0 Å². The normalized spacial score (nSPS) is 10.3. The van der Waals surface area contributed by atoms with Gasteiger partial charge in [0.15, 0.2) is 0 Å². The second-order valence-electron chi connectivity index (χ2n) is 5.17. The van der Waals surface area contributed by atoms with E-state index in [1.807, 2.05) is 0 Å². The van der Waals surface area contributed by atoms with Crippen LogP contribution < -0.4 is 22.5 Å². The molecule has 0 aliphatic carbocycles. The first kappa shape index (κ1) is 18.9. The molecule has 0 rings (SSSR count). The standard InChI is InChI=1S/C14H30N4O2/c15-17-13(19)11-9-7-5-3-1-2-4-6-8-10-12-14(20)18-16/h1-12,15-16H2,(H,17,19)(H,18,20). The number of nitrogens with two attached hydrogens (primary N) is 2. The Balaban J connectivity index is 3.06. The van der Waals surface area contributed by atoms with Crippen LogP contribution in [0.1, 0.15) is 77.0 Å². The van der Waals surface area contributed by atoms with Gasteiger partial charge in [-0.2, -0.15) is 0 Å². The van der Waals surface area contributed by atoms with Crippen LogP contribution in [0.15, 0.2) is 0 Å². The molecule has 20 heavy (non-hydrogen) atoms. The van der Waals surface area contributed by atoms with E-state index in [0.717, 1.165) is 25.7 Å². The van der Waals surface area contributed by atoms with Crippen molar-refractivity contribution in [3.8, 4) is 0 Å². The van der Waals surface area contributed by atoms with Crippen molar-refractivity contribution in [1.29, 1.82) is 0 Å². The molecule has 2 amide bonds. The van der Waals surface area contributed by atoms with E-state index >= 15 is 0 Å². The zero-order chi connectivity index (χ0) is 15.1. The van der Waals surface area contributed by atoms with Crippen LogP contribution in [0.5, 0.6) is 0 Å². The second kappa shape index (κ2) is 14.3. The van der Waals surface area contributed by atoms with Gasteiger partial charge in [0.2, 0.25) is 11.8 Å². The van der Waals surface area contributed by atoms with Gasteiger partial charge in [-0.05, 0) is 12.8 Å². The number of carbonyl (C=O) groups is 2. The van der Waals surface area contributed by atoms with E-state index in [1.54, 1.807) is 0 Å². The van der Waals surface area contributed by atoms with Crippen LogP contribution in [-0.2, 0) is 9.59 Å². The molecule has 0 unspecified atom stereocenters. The molecule has 0 atom stereocenters. The van der Waals surface area contributed by atoms with E-state index < -0.39 is 0 Å². The predicted octanol–water partition coefficient (Wildman–Crippen LogP) is 1.65. The SMILES string of the molecule is NNC(=O)CCCCCCCCCCCCC(=O)NN. The van der Waals surface area contributed by atoms with Crippen molar-refractivity contribution in [2.24, 2.45) is 11.7 Å². The molecule has 0 aliphatic heterocycles. The highest BCUT2D eigenvalue weighted by Crippen LogP contribution is 2.11. The number of nitrogens with one attached hydrogen (secondary N) is 2. The number of hydrogen-bond donors (Lipinski definition) is 4. The Morgan fingerprint density at radius 3 is 1.05 bits per heavy atom. The van der Waals surface area contributed by atoms with Crippen LogP contribution in [0.2, 0.25) is 0 Å². The topological polar surface area (TPSA) is 110 Å². The number of hydrogen-bond acceptors (Lipinski definition) is 4. The van der Waals surface area contributed by atoms with Crippen molar-refractivity contribution in [3.05, 3.63) is 0 Å². The van der Waals surface area contributed by atoms with Crippen molar-refractivity contribution in [1.82, 2.24) is 10.9 Å². The monoisotopic (exact) mass is 286 g/mol. The number of hydrazine groups is 2. The molecule has 118 valence electrons. The molecule has 0 fully saturated rings. The largest absolute Gasteiger partial charge is 0.294 e. The lowest BCUT2D eigenvalue weighted by Gasteiger charge is -2.03. The molecular weight excluding hydrogens is 256 g/mol. The fourth-order valence-electron chi connectivity index (χ4n) is 2.13. The zero-order valence-corrected chi connectivity index (χ0v) is 12.5. The van der Waals surface area contributed by atoms with E-state index in [9.17, 15) is 9.59 Å². The molecule has 0 heterocycles. The minimum atomic E-state index is -0.0756. The first-order chi connectivity index (χ1) is 9.70. The van der Waals surface area contributed by atoms with Crippen molar-refractivity contribution >= 4 is 11.8 Å². The number of carbonyl (C=O) groups excluding carboxylic acids is 2. The van der Waals surface area contributed by atoms with E-state index in [0.29, 0.717) is 12.8 Å². The third-order valence-electron chi connectivity index (χ3n) is 3.38. The number of unbranched alkanes of at least 4 members (excludes halogenated alkanes) is 9. The van der Waals surface area contributed by atoms with Gasteiger partial charge in [0.25, 0.3) is 0 Å². The van der Waals surface area contributed by atoms with E-state index in [4.69, 9.17) is 11.7 Å². The van der Waals surface area contributed by atoms with Gasteiger partial charge in [-0.3, -0.25) is 20.4 Å². The quantitative estimate of drug-likeness (QED) is 0.178. The van der Waals surface area contributed by atoms with Crippen LogP contribution in [0.25, 0.3) is 0 Å². The lowest BCUT2D eigenvalue weighted by atomic mass is 10.1. The smallest absolute Gasteiger partial charge is 0.233 e. The summed E-state index contributed by atoms with van der Waals surface area (Å²) in [5, 5.41) is 0. The predicted molar refractivity (Wildman–Crippen MR) is 80.1 cm³/mol. The second-order valence-corrected chi connectivity index (χ2v) is 5.17. The molecule has 6 nitrogen and oxygen atoms in total. The third kappa shape index (κ3) is 13.3. The Morgan fingerprint density at radius 2 is 0.800 bits per heavy atom. The maximum Gasteiger partial charge on any atom is 0.233 e. The van der Waals surface area contributed by atoms with Crippen LogP contribution >= 0.6 is 0 Å². The molecule has 0 saturated carbocycles. The molecule has 0 aromatic rings. The van der Waals surface area contributed by atoms with Crippen molar-refractivity contribution in [2.75, 3.05) is 0 Å². The van der Waals surface area contributed by atoms with Gasteiger partial charge in [-0.15, -0.1) is 0 Å². The lowest BCUT2D eigenvalue weighted by Crippen LogP contribution is -2.29. The molecule has 0 saturated heterocycles. The fourth-order valence-corrected chi connectivity index (χ4v) is 2.13. The summed E-state index contributed by atoms with van der Waals surface area (Å²) in [7, 11) is 0. The Morgan fingerprint density at radius 1 is 0.550 bits per heavy atom. The van der Waals surface area contributed by atoms with Gasteiger partial charge in [0.05, 0.1) is 0 Å². The Labute approximate surface area is 122 Å². The average Bonchev–Trinajstić information content (AvgIpc) is 2.47. The fraction of sp³-hybridized carbons (Fsp3) is 0.857. The van der Waals surface area contributed by atoms with E-state index in [1.165, 1.54) is 38.5 Å². The van der Waals surface area contributed by atoms with Crippen molar-refractivity contribution < 1.29 is 9.59 Å². The molecule has 0 aromatic carbocycles. The number of amides is 2. The third-order valence-corrected chi connectivity index (χ3v) is 3.38. The van der Waals surface area contributed by atoms with Gasteiger partial charge >= 0.3 is 0 Å². The van der Waals surface area contributed by atoms with E-state index in [2.05, 4.69) is 10.9 Å². The Hall–Kier alpha value is -1.14. The Kier molecular flexibility index (Phi) is 13.5. The maximum absolute atomic E-state index is 10.9. The van der Waals surface area contributed by atoms with Gasteiger partial charge < -0.3 is 0 Å². The van der Waals surface area contributed by atoms with Gasteiger partial charge in [-0.25, -0.2) is 11.7 Å². The molecule has 6 N–H and O–H groups in total. The minimum Gasteiger partial charge on any atom is -0.294 e. The summed E-state index contributed by atoms with van der Waals surface area (Å²) >= 11 is 0. The Bertz CT molecular complexity index is 234. The highest BCUT2D eigenvalue weighted by molar-refractivity contribution is 5.75. The molecule has 0 bridgehead atoms.